The molecule has 2 N–H and O–H groups in total. The third-order valence-corrected chi connectivity index (χ3v) is 5.05. The molecule has 2 aromatic carbocycles. The van der Waals surface area contributed by atoms with Crippen molar-refractivity contribution in [2.75, 3.05) is 5.32 Å². The van der Waals surface area contributed by atoms with Crippen LogP contribution >= 0.6 is 0 Å². The Bertz CT molecular complexity index is 792. The molecule has 1 aliphatic heterocycles. The normalized spacial score (nSPS) is 24.7. The quantitative estimate of drug-likeness (QED) is 0.802. The summed E-state index contributed by atoms with van der Waals surface area (Å²) in [4.78, 5) is 11.3. The number of hydrogen-bond acceptors (Lipinski definition) is 2. The zero-order chi connectivity index (χ0) is 16.0. The van der Waals surface area contributed by atoms with Crippen LogP contribution in [0, 0.1) is 12.8 Å². The van der Waals surface area contributed by atoms with Crippen LogP contribution < -0.4 is 5.32 Å². The van der Waals surface area contributed by atoms with E-state index >= 15 is 0 Å². The first-order chi connectivity index (χ1) is 11.1. The molecule has 3 unspecified atom stereocenters. The zero-order valence-electron chi connectivity index (χ0n) is 13.0. The second-order valence-corrected chi connectivity index (χ2v) is 6.49. The molecule has 0 spiro atoms. The molecule has 0 saturated carbocycles. The summed E-state index contributed by atoms with van der Waals surface area (Å²) in [5, 5.41) is 12.9. The molecule has 2 aliphatic rings. The van der Waals surface area contributed by atoms with Crippen molar-refractivity contribution >= 4 is 11.7 Å². The van der Waals surface area contributed by atoms with E-state index in [1.807, 2.05) is 12.1 Å². The molecule has 0 fully saturated rings. The summed E-state index contributed by atoms with van der Waals surface area (Å²) < 4.78 is 0. The highest BCUT2D eigenvalue weighted by Crippen LogP contribution is 2.49. The third-order valence-electron chi connectivity index (χ3n) is 5.05. The minimum Gasteiger partial charge on any atom is -0.478 e. The number of nitrogens with one attached hydrogen (secondary N) is 1. The minimum absolute atomic E-state index is 0.263. The predicted molar refractivity (Wildman–Crippen MR) is 90.9 cm³/mol. The molecule has 0 saturated heterocycles. The number of allylic oxidation sites excluding steroid dienone is 2. The topological polar surface area (TPSA) is 49.3 Å². The summed E-state index contributed by atoms with van der Waals surface area (Å²) in [6.07, 6.45) is 5.48. The fourth-order valence-electron chi connectivity index (χ4n) is 3.83. The number of fused-ring (bicyclic) bond motifs is 3. The van der Waals surface area contributed by atoms with E-state index in [1.54, 1.807) is 6.07 Å². The van der Waals surface area contributed by atoms with Gasteiger partial charge < -0.3 is 10.4 Å². The first-order valence-corrected chi connectivity index (χ1v) is 8.00. The maximum atomic E-state index is 11.3. The van der Waals surface area contributed by atoms with E-state index in [9.17, 15) is 9.90 Å². The number of carboxylic acid groups (broad SMARTS) is 1. The average molecular weight is 305 g/mol. The van der Waals surface area contributed by atoms with Gasteiger partial charge in [0, 0.05) is 11.6 Å². The fourth-order valence-corrected chi connectivity index (χ4v) is 3.83. The van der Waals surface area contributed by atoms with E-state index in [-0.39, 0.29) is 12.0 Å². The second kappa shape index (κ2) is 5.27. The smallest absolute Gasteiger partial charge is 0.335 e. The molecule has 0 aromatic heterocycles. The van der Waals surface area contributed by atoms with Crippen molar-refractivity contribution < 1.29 is 9.90 Å². The van der Waals surface area contributed by atoms with E-state index in [0.29, 0.717) is 11.5 Å². The van der Waals surface area contributed by atoms with Gasteiger partial charge in [0.15, 0.2) is 0 Å². The number of carbonyl (C=O) groups is 1. The van der Waals surface area contributed by atoms with Crippen LogP contribution in [0.5, 0.6) is 0 Å². The molecule has 3 atom stereocenters. The number of hydrogen-bond donors (Lipinski definition) is 2. The van der Waals surface area contributed by atoms with Gasteiger partial charge in [-0.25, -0.2) is 4.79 Å². The summed E-state index contributed by atoms with van der Waals surface area (Å²) in [5.41, 5.74) is 5.07. The van der Waals surface area contributed by atoms with Crippen molar-refractivity contribution in [1.29, 1.82) is 0 Å². The Labute approximate surface area is 135 Å². The van der Waals surface area contributed by atoms with E-state index in [0.717, 1.165) is 17.7 Å². The molecule has 23 heavy (non-hydrogen) atoms. The van der Waals surface area contributed by atoms with Gasteiger partial charge in [-0.1, -0.05) is 42.0 Å². The first-order valence-electron chi connectivity index (χ1n) is 8.00. The number of carboxylic acids is 1. The van der Waals surface area contributed by atoms with Crippen molar-refractivity contribution in [2.45, 2.75) is 25.3 Å². The van der Waals surface area contributed by atoms with E-state index in [4.69, 9.17) is 0 Å². The largest absolute Gasteiger partial charge is 0.478 e. The van der Waals surface area contributed by atoms with Crippen molar-refractivity contribution in [1.82, 2.24) is 0 Å². The Morgan fingerprint density at radius 1 is 1.17 bits per heavy atom. The minimum atomic E-state index is -0.869. The first kappa shape index (κ1) is 14.1. The Morgan fingerprint density at radius 2 is 1.96 bits per heavy atom. The Kier molecular flexibility index (Phi) is 3.22. The molecule has 0 radical (unpaired) electrons. The number of aromatic carboxylic acids is 1. The summed E-state index contributed by atoms with van der Waals surface area (Å²) in [6, 6.07) is 14.4. The standard InChI is InChI=1S/C20H19NO2/c1-12-5-7-13(8-6-12)19-16-4-2-3-15(16)17-11-14(20(22)23)9-10-18(17)21-19/h2-3,5-11,15-16,19,21H,4H2,1H3,(H,22,23). The summed E-state index contributed by atoms with van der Waals surface area (Å²) in [7, 11) is 0. The average Bonchev–Trinajstić information content (AvgIpc) is 3.04. The van der Waals surface area contributed by atoms with Crippen molar-refractivity contribution in [3.05, 3.63) is 76.9 Å². The van der Waals surface area contributed by atoms with Gasteiger partial charge in [0.25, 0.3) is 0 Å². The molecular weight excluding hydrogens is 286 g/mol. The van der Waals surface area contributed by atoms with Gasteiger partial charge in [0.05, 0.1) is 11.6 Å². The highest BCUT2D eigenvalue weighted by atomic mass is 16.4. The van der Waals surface area contributed by atoms with Gasteiger partial charge in [0.1, 0.15) is 0 Å². The molecule has 116 valence electrons. The van der Waals surface area contributed by atoms with Crippen LogP contribution in [0.25, 0.3) is 0 Å². The van der Waals surface area contributed by atoms with Gasteiger partial charge in [-0.3, -0.25) is 0 Å². The number of anilines is 1. The molecule has 1 aliphatic carbocycles. The zero-order valence-corrected chi connectivity index (χ0v) is 13.0. The van der Waals surface area contributed by atoms with E-state index < -0.39 is 5.97 Å². The van der Waals surface area contributed by atoms with E-state index in [1.165, 1.54) is 11.1 Å². The van der Waals surface area contributed by atoms with Crippen molar-refractivity contribution in [3.63, 3.8) is 0 Å². The summed E-state index contributed by atoms with van der Waals surface area (Å²) in [6.45, 7) is 2.10. The number of rotatable bonds is 2. The highest BCUT2D eigenvalue weighted by molar-refractivity contribution is 5.89. The Balaban J connectivity index is 1.77. The highest BCUT2D eigenvalue weighted by Gasteiger charge is 2.38. The van der Waals surface area contributed by atoms with Gasteiger partial charge >= 0.3 is 5.97 Å². The third kappa shape index (κ3) is 2.33. The van der Waals surface area contributed by atoms with E-state index in [2.05, 4.69) is 48.7 Å². The van der Waals surface area contributed by atoms with Gasteiger partial charge in [-0.05, 0) is 48.6 Å². The van der Waals surface area contributed by atoms with Crippen LogP contribution in [-0.4, -0.2) is 11.1 Å². The number of benzene rings is 2. The van der Waals surface area contributed by atoms with Crippen molar-refractivity contribution in [2.24, 2.45) is 5.92 Å². The van der Waals surface area contributed by atoms with Crippen molar-refractivity contribution in [3.8, 4) is 0 Å². The van der Waals surface area contributed by atoms with Crippen LogP contribution in [0.15, 0.2) is 54.6 Å². The van der Waals surface area contributed by atoms with Gasteiger partial charge in [0.2, 0.25) is 0 Å². The fraction of sp³-hybridized carbons (Fsp3) is 0.250. The number of aryl methyl sites for hydroxylation is 1. The van der Waals surface area contributed by atoms with Crippen LogP contribution in [-0.2, 0) is 0 Å². The predicted octanol–water partition coefficient (Wildman–Crippen LogP) is 4.52. The summed E-state index contributed by atoms with van der Waals surface area (Å²) in [5.74, 6) is -0.141. The lowest BCUT2D eigenvalue weighted by Gasteiger charge is -2.37. The SMILES string of the molecule is Cc1ccc(C2Nc3ccc(C(=O)O)cc3C3C=CCC32)cc1. The van der Waals surface area contributed by atoms with Crippen LogP contribution in [0.2, 0.25) is 0 Å². The lowest BCUT2D eigenvalue weighted by Crippen LogP contribution is -2.29. The monoisotopic (exact) mass is 305 g/mol. The summed E-state index contributed by atoms with van der Waals surface area (Å²) >= 11 is 0. The lowest BCUT2D eigenvalue weighted by atomic mass is 9.76. The van der Waals surface area contributed by atoms with Crippen LogP contribution in [0.1, 0.15) is 45.4 Å². The Morgan fingerprint density at radius 3 is 2.70 bits per heavy atom. The maximum Gasteiger partial charge on any atom is 0.335 e. The van der Waals surface area contributed by atoms with Crippen LogP contribution in [0.4, 0.5) is 5.69 Å². The molecule has 3 nitrogen and oxygen atoms in total. The van der Waals surface area contributed by atoms with Gasteiger partial charge in [-0.2, -0.15) is 0 Å². The molecule has 4 rings (SSSR count). The molecular formula is C20H19NO2. The van der Waals surface area contributed by atoms with Gasteiger partial charge in [-0.15, -0.1) is 0 Å². The molecule has 0 bridgehead atoms. The molecule has 0 amide bonds. The lowest BCUT2D eigenvalue weighted by molar-refractivity contribution is 0.0696. The van der Waals surface area contributed by atoms with Crippen LogP contribution in [0.3, 0.4) is 0 Å². The maximum absolute atomic E-state index is 11.3. The molecule has 2 aromatic rings. The molecule has 3 heteroatoms. The Hall–Kier alpha value is -2.55. The second-order valence-electron chi connectivity index (χ2n) is 6.49. The molecule has 1 heterocycles.